The van der Waals surface area contributed by atoms with Crippen LogP contribution >= 0.6 is 11.8 Å². The molecule has 0 unspecified atom stereocenters. The molecule has 0 atom stereocenters. The second-order valence-electron chi connectivity index (χ2n) is 7.45. The van der Waals surface area contributed by atoms with Crippen LogP contribution < -0.4 is 10.9 Å². The number of amides is 3. The average molecular weight is 478 g/mol. The van der Waals surface area contributed by atoms with E-state index in [4.69, 9.17) is 0 Å². The molecule has 1 N–H and O–H groups in total. The first-order valence-electron chi connectivity index (χ1n) is 10.5. The first kappa shape index (κ1) is 23.2. The number of imide groups is 1. The first-order valence-corrected chi connectivity index (χ1v) is 11.3. The summed E-state index contributed by atoms with van der Waals surface area (Å²) in [5, 5.41) is 2.08. The monoisotopic (exact) mass is 477 g/mol. The van der Waals surface area contributed by atoms with Crippen LogP contribution in [0.5, 0.6) is 0 Å². The minimum absolute atomic E-state index is 0.0309. The highest BCUT2D eigenvalue weighted by atomic mass is 32.2. The van der Waals surface area contributed by atoms with Gasteiger partial charge in [-0.15, -0.1) is 0 Å². The van der Waals surface area contributed by atoms with Crippen LogP contribution in [-0.2, 0) is 11.3 Å². The minimum atomic E-state index is -0.596. The molecule has 1 aliphatic heterocycles. The molecule has 0 radical (unpaired) electrons. The van der Waals surface area contributed by atoms with Crippen molar-refractivity contribution in [1.29, 1.82) is 0 Å². The van der Waals surface area contributed by atoms with E-state index in [2.05, 4.69) is 5.32 Å². The largest absolute Gasteiger partial charge is 0.350 e. The van der Waals surface area contributed by atoms with E-state index in [1.807, 2.05) is 30.3 Å². The maximum atomic E-state index is 13.9. The summed E-state index contributed by atoms with van der Waals surface area (Å²) in [6, 6.07) is 18.4. The van der Waals surface area contributed by atoms with Crippen molar-refractivity contribution >= 4 is 34.9 Å². The molecule has 3 aromatic rings. The van der Waals surface area contributed by atoms with Crippen molar-refractivity contribution in [2.45, 2.75) is 6.54 Å². The standard InChI is InChI=1S/C25H20FN3O4S/c26-20-11-5-4-9-18(20)15-21-24(32)29(25(33)34-21)14-12-27-22(30)19-10-6-13-28(23(19)31)16-17-7-2-1-3-8-17/h1-11,13,15H,12,14,16H2,(H,27,30)/b21-15-. The number of rotatable bonds is 7. The highest BCUT2D eigenvalue weighted by Gasteiger charge is 2.34. The zero-order chi connectivity index (χ0) is 24.1. The van der Waals surface area contributed by atoms with Crippen LogP contribution in [-0.4, -0.2) is 39.6 Å². The van der Waals surface area contributed by atoms with E-state index in [1.165, 1.54) is 34.9 Å². The highest BCUT2D eigenvalue weighted by Crippen LogP contribution is 2.32. The summed E-state index contributed by atoms with van der Waals surface area (Å²) in [5.41, 5.74) is 0.650. The van der Waals surface area contributed by atoms with Gasteiger partial charge in [0.15, 0.2) is 0 Å². The number of aromatic nitrogens is 1. The van der Waals surface area contributed by atoms with E-state index in [9.17, 15) is 23.6 Å². The van der Waals surface area contributed by atoms with Crippen LogP contribution in [0.4, 0.5) is 9.18 Å². The van der Waals surface area contributed by atoms with Crippen molar-refractivity contribution in [3.63, 3.8) is 0 Å². The molecule has 2 aromatic carbocycles. The zero-order valence-electron chi connectivity index (χ0n) is 17.9. The summed E-state index contributed by atoms with van der Waals surface area (Å²) in [5.74, 6) is -1.65. The molecule has 9 heteroatoms. The topological polar surface area (TPSA) is 88.5 Å². The lowest BCUT2D eigenvalue weighted by Gasteiger charge is -2.13. The molecule has 3 amide bonds. The van der Waals surface area contributed by atoms with Crippen LogP contribution in [0.25, 0.3) is 6.08 Å². The van der Waals surface area contributed by atoms with Gasteiger partial charge in [0.2, 0.25) is 0 Å². The summed E-state index contributed by atoms with van der Waals surface area (Å²) >= 11 is 0.712. The molecule has 0 spiro atoms. The molecule has 2 heterocycles. The highest BCUT2D eigenvalue weighted by molar-refractivity contribution is 8.18. The summed E-state index contributed by atoms with van der Waals surface area (Å²) < 4.78 is 15.3. The third kappa shape index (κ3) is 5.15. The number of hydrogen-bond donors (Lipinski definition) is 1. The van der Waals surface area contributed by atoms with E-state index in [0.717, 1.165) is 10.5 Å². The Hall–Kier alpha value is -3.98. The van der Waals surface area contributed by atoms with Crippen molar-refractivity contribution < 1.29 is 18.8 Å². The molecule has 1 aromatic heterocycles. The van der Waals surface area contributed by atoms with Gasteiger partial charge in [0.1, 0.15) is 11.4 Å². The number of pyridine rings is 1. The van der Waals surface area contributed by atoms with E-state index in [0.29, 0.717) is 18.3 Å². The van der Waals surface area contributed by atoms with Crippen molar-refractivity contribution in [3.8, 4) is 0 Å². The molecule has 34 heavy (non-hydrogen) atoms. The number of thioether (sulfide) groups is 1. The van der Waals surface area contributed by atoms with E-state index in [1.54, 1.807) is 18.3 Å². The van der Waals surface area contributed by atoms with Crippen molar-refractivity contribution in [2.75, 3.05) is 13.1 Å². The lowest BCUT2D eigenvalue weighted by Crippen LogP contribution is -2.39. The average Bonchev–Trinajstić information content (AvgIpc) is 3.10. The minimum Gasteiger partial charge on any atom is -0.350 e. The van der Waals surface area contributed by atoms with Crippen molar-refractivity contribution in [1.82, 2.24) is 14.8 Å². The number of nitrogens with zero attached hydrogens (tertiary/aromatic N) is 2. The second kappa shape index (κ2) is 10.3. The quantitative estimate of drug-likeness (QED) is 0.526. The fourth-order valence-electron chi connectivity index (χ4n) is 3.42. The van der Waals surface area contributed by atoms with Gasteiger partial charge in [0.05, 0.1) is 11.4 Å². The Labute approximate surface area is 198 Å². The van der Waals surface area contributed by atoms with Crippen molar-refractivity contribution in [3.05, 3.63) is 111 Å². The molecule has 0 aliphatic carbocycles. The Bertz CT molecular complexity index is 1340. The third-order valence-corrected chi connectivity index (χ3v) is 6.05. The van der Waals surface area contributed by atoms with Gasteiger partial charge in [-0.1, -0.05) is 48.5 Å². The first-order chi connectivity index (χ1) is 16.4. The number of carbonyl (C=O) groups is 3. The van der Waals surface area contributed by atoms with Gasteiger partial charge in [-0.25, -0.2) is 4.39 Å². The predicted molar refractivity (Wildman–Crippen MR) is 128 cm³/mol. The van der Waals surface area contributed by atoms with Crippen LogP contribution in [0.1, 0.15) is 21.5 Å². The van der Waals surface area contributed by atoms with E-state index in [-0.39, 0.29) is 29.1 Å². The number of halogens is 1. The molecule has 4 rings (SSSR count). The molecule has 1 fully saturated rings. The molecule has 1 aliphatic rings. The van der Waals surface area contributed by atoms with E-state index < -0.39 is 28.4 Å². The number of hydrogen-bond acceptors (Lipinski definition) is 5. The molecule has 0 saturated carbocycles. The lowest BCUT2D eigenvalue weighted by molar-refractivity contribution is -0.122. The fraction of sp³-hybridized carbons (Fsp3) is 0.120. The van der Waals surface area contributed by atoms with Gasteiger partial charge in [0, 0.05) is 24.8 Å². The Balaban J connectivity index is 1.38. The smallest absolute Gasteiger partial charge is 0.293 e. The maximum Gasteiger partial charge on any atom is 0.293 e. The molecule has 172 valence electrons. The zero-order valence-corrected chi connectivity index (χ0v) is 18.8. The summed E-state index contributed by atoms with van der Waals surface area (Å²) in [6.45, 7) is 0.221. The molecule has 0 bridgehead atoms. The Kier molecular flexibility index (Phi) is 7.03. The number of nitrogens with one attached hydrogen (secondary N) is 1. The van der Waals surface area contributed by atoms with Crippen LogP contribution in [0, 0.1) is 5.82 Å². The normalized spacial score (nSPS) is 14.6. The Morgan fingerprint density at radius 2 is 1.71 bits per heavy atom. The van der Waals surface area contributed by atoms with Gasteiger partial charge in [-0.05, 0) is 41.6 Å². The van der Waals surface area contributed by atoms with Gasteiger partial charge in [-0.2, -0.15) is 0 Å². The fourth-order valence-corrected chi connectivity index (χ4v) is 4.27. The van der Waals surface area contributed by atoms with Crippen molar-refractivity contribution in [2.24, 2.45) is 0 Å². The third-order valence-electron chi connectivity index (χ3n) is 5.15. The summed E-state index contributed by atoms with van der Waals surface area (Å²) in [7, 11) is 0. The predicted octanol–water partition coefficient (Wildman–Crippen LogP) is 3.50. The van der Waals surface area contributed by atoms with E-state index >= 15 is 0 Å². The molecule has 7 nitrogen and oxygen atoms in total. The van der Waals surface area contributed by atoms with Gasteiger partial charge in [-0.3, -0.25) is 24.1 Å². The van der Waals surface area contributed by atoms with Gasteiger partial charge >= 0.3 is 0 Å². The summed E-state index contributed by atoms with van der Waals surface area (Å²) in [4.78, 5) is 51.2. The van der Waals surface area contributed by atoms with Gasteiger partial charge in [0.25, 0.3) is 22.6 Å². The SMILES string of the molecule is O=C(NCCN1C(=O)S/C(=C\c2ccccc2F)C1=O)c1cccn(Cc2ccccc2)c1=O. The Morgan fingerprint density at radius 3 is 2.47 bits per heavy atom. The second-order valence-corrected chi connectivity index (χ2v) is 8.44. The number of carbonyl (C=O) groups excluding carboxylic acids is 3. The van der Waals surface area contributed by atoms with Crippen LogP contribution in [0.2, 0.25) is 0 Å². The maximum absolute atomic E-state index is 13.9. The lowest BCUT2D eigenvalue weighted by atomic mass is 10.2. The summed E-state index contributed by atoms with van der Waals surface area (Å²) in [6.07, 6.45) is 2.94. The Morgan fingerprint density at radius 1 is 0.971 bits per heavy atom. The molecular weight excluding hydrogens is 457 g/mol. The molecule has 1 saturated heterocycles. The number of benzene rings is 2. The van der Waals surface area contributed by atoms with Crippen LogP contribution in [0.3, 0.4) is 0 Å². The van der Waals surface area contributed by atoms with Gasteiger partial charge < -0.3 is 9.88 Å². The molecular formula is C25H20FN3O4S. The van der Waals surface area contributed by atoms with Crippen LogP contribution in [0.15, 0.2) is 82.6 Å².